The molecule has 4 nitrogen and oxygen atoms in total. The van der Waals surface area contributed by atoms with Crippen molar-refractivity contribution in [1.82, 2.24) is 0 Å². The molecule has 0 spiro atoms. The van der Waals surface area contributed by atoms with Gasteiger partial charge in [0, 0.05) is 19.3 Å². The van der Waals surface area contributed by atoms with E-state index in [4.69, 9.17) is 9.15 Å². The molecule has 0 bridgehead atoms. The number of halogens is 1. The summed E-state index contributed by atoms with van der Waals surface area (Å²) in [7, 11) is 0. The van der Waals surface area contributed by atoms with Crippen LogP contribution in [0.25, 0.3) is 11.0 Å². The topological polar surface area (TPSA) is 59.7 Å². The Bertz CT molecular complexity index is 973. The van der Waals surface area contributed by atoms with Gasteiger partial charge < -0.3 is 14.3 Å². The monoisotopic (exact) mass is 326 g/mol. The zero-order valence-electron chi connectivity index (χ0n) is 13.0. The van der Waals surface area contributed by atoms with E-state index in [1.54, 1.807) is 37.3 Å². The molecular weight excluding hydrogens is 311 g/mol. The molecule has 4 rings (SSSR count). The molecule has 1 aliphatic rings. The van der Waals surface area contributed by atoms with Crippen LogP contribution in [0.5, 0.6) is 5.75 Å². The lowest BCUT2D eigenvalue weighted by molar-refractivity contribution is -0.136. The van der Waals surface area contributed by atoms with E-state index < -0.39 is 17.3 Å². The third-order valence-corrected chi connectivity index (χ3v) is 4.32. The van der Waals surface area contributed by atoms with Gasteiger partial charge in [-0.25, -0.2) is 9.18 Å². The van der Waals surface area contributed by atoms with Crippen LogP contribution in [0.2, 0.25) is 0 Å². The standard InChI is InChI=1S/C19H15FO4/c1-19(22)10-14(11-6-8-12(20)9-7-11)16-17(24-19)13-4-2-3-5-15(13)23-18(16)21/h2-9,14,22H,10H2,1H3/t14-,19-/m1/s1. The summed E-state index contributed by atoms with van der Waals surface area (Å²) in [6.07, 6.45) is 0.175. The second-order valence-electron chi connectivity index (χ2n) is 6.21. The quantitative estimate of drug-likeness (QED) is 0.695. The van der Waals surface area contributed by atoms with Gasteiger partial charge in [-0.15, -0.1) is 0 Å². The molecule has 0 unspecified atom stereocenters. The fourth-order valence-electron chi connectivity index (χ4n) is 3.27. The minimum Gasteiger partial charge on any atom is -0.461 e. The Morgan fingerprint density at radius 1 is 1.17 bits per heavy atom. The Morgan fingerprint density at radius 2 is 1.88 bits per heavy atom. The van der Waals surface area contributed by atoms with Crippen LogP contribution in [0.3, 0.4) is 0 Å². The van der Waals surface area contributed by atoms with Crippen molar-refractivity contribution in [2.24, 2.45) is 0 Å². The van der Waals surface area contributed by atoms with Crippen molar-refractivity contribution in [1.29, 1.82) is 0 Å². The van der Waals surface area contributed by atoms with Gasteiger partial charge in [0.25, 0.3) is 0 Å². The first-order valence-electron chi connectivity index (χ1n) is 7.67. The average molecular weight is 326 g/mol. The molecule has 3 aromatic rings. The number of hydrogen-bond acceptors (Lipinski definition) is 4. The minimum atomic E-state index is -1.44. The molecule has 2 heterocycles. The largest absolute Gasteiger partial charge is 0.461 e. The van der Waals surface area contributed by atoms with E-state index in [1.165, 1.54) is 12.1 Å². The first-order chi connectivity index (χ1) is 11.4. The van der Waals surface area contributed by atoms with E-state index in [9.17, 15) is 14.3 Å². The van der Waals surface area contributed by atoms with Crippen LogP contribution in [0.1, 0.15) is 30.4 Å². The average Bonchev–Trinajstić information content (AvgIpc) is 2.54. The van der Waals surface area contributed by atoms with Gasteiger partial charge in [-0.3, -0.25) is 0 Å². The Balaban J connectivity index is 2.01. The highest BCUT2D eigenvalue weighted by atomic mass is 19.1. The number of rotatable bonds is 1. The van der Waals surface area contributed by atoms with E-state index in [2.05, 4.69) is 0 Å². The zero-order chi connectivity index (χ0) is 16.9. The highest BCUT2D eigenvalue weighted by Gasteiger charge is 2.39. The summed E-state index contributed by atoms with van der Waals surface area (Å²) in [5.74, 6) is -1.91. The summed E-state index contributed by atoms with van der Waals surface area (Å²) in [5.41, 5.74) is 0.973. The summed E-state index contributed by atoms with van der Waals surface area (Å²) < 4.78 is 24.4. The predicted molar refractivity (Wildman–Crippen MR) is 86.6 cm³/mol. The zero-order valence-corrected chi connectivity index (χ0v) is 13.0. The van der Waals surface area contributed by atoms with Crippen LogP contribution in [0.4, 0.5) is 4.39 Å². The van der Waals surface area contributed by atoms with Crippen molar-refractivity contribution in [3.63, 3.8) is 0 Å². The van der Waals surface area contributed by atoms with Crippen LogP contribution in [-0.4, -0.2) is 10.9 Å². The third-order valence-electron chi connectivity index (χ3n) is 4.32. The summed E-state index contributed by atoms with van der Waals surface area (Å²) in [6.45, 7) is 1.55. The molecule has 0 aliphatic carbocycles. The Morgan fingerprint density at radius 3 is 2.62 bits per heavy atom. The van der Waals surface area contributed by atoms with Crippen LogP contribution in [-0.2, 0) is 0 Å². The van der Waals surface area contributed by atoms with Crippen LogP contribution < -0.4 is 10.4 Å². The number of fused-ring (bicyclic) bond motifs is 3. The summed E-state index contributed by atoms with van der Waals surface area (Å²) in [4.78, 5) is 12.5. The van der Waals surface area contributed by atoms with Crippen molar-refractivity contribution in [3.05, 3.63) is 75.9 Å². The molecule has 2 atom stereocenters. The fourth-order valence-corrected chi connectivity index (χ4v) is 3.27. The maximum absolute atomic E-state index is 13.2. The molecular formula is C19H15FO4. The van der Waals surface area contributed by atoms with Crippen molar-refractivity contribution >= 4 is 11.0 Å². The lowest BCUT2D eigenvalue weighted by Gasteiger charge is -2.36. The fraction of sp³-hybridized carbons (Fsp3) is 0.211. The Hall–Kier alpha value is -2.66. The second-order valence-corrected chi connectivity index (χ2v) is 6.21. The second kappa shape index (κ2) is 5.18. The summed E-state index contributed by atoms with van der Waals surface area (Å²) >= 11 is 0. The molecule has 0 saturated carbocycles. The molecule has 2 aromatic carbocycles. The van der Waals surface area contributed by atoms with Crippen molar-refractivity contribution in [2.45, 2.75) is 25.0 Å². The molecule has 0 saturated heterocycles. The predicted octanol–water partition coefficient (Wildman–Crippen LogP) is 3.56. The number of hydrogen-bond donors (Lipinski definition) is 1. The number of aliphatic hydroxyl groups is 1. The molecule has 1 aliphatic heterocycles. The molecule has 24 heavy (non-hydrogen) atoms. The van der Waals surface area contributed by atoms with Gasteiger partial charge in [0.05, 0.1) is 10.9 Å². The Kier molecular flexibility index (Phi) is 3.21. The van der Waals surface area contributed by atoms with Crippen molar-refractivity contribution in [2.75, 3.05) is 0 Å². The maximum atomic E-state index is 13.2. The lowest BCUT2D eigenvalue weighted by atomic mass is 9.83. The van der Waals surface area contributed by atoms with Crippen molar-refractivity contribution in [3.8, 4) is 5.75 Å². The molecule has 5 heteroatoms. The minimum absolute atomic E-state index is 0.175. The van der Waals surface area contributed by atoms with Gasteiger partial charge >= 0.3 is 5.63 Å². The van der Waals surface area contributed by atoms with Gasteiger partial charge in [0.15, 0.2) is 0 Å². The molecule has 0 radical (unpaired) electrons. The number of benzene rings is 2. The van der Waals surface area contributed by atoms with Crippen LogP contribution in [0, 0.1) is 5.82 Å². The van der Waals surface area contributed by atoms with E-state index in [0.29, 0.717) is 22.3 Å². The molecule has 0 fully saturated rings. The van der Waals surface area contributed by atoms with Gasteiger partial charge in [-0.05, 0) is 29.8 Å². The highest BCUT2D eigenvalue weighted by molar-refractivity contribution is 5.85. The maximum Gasteiger partial charge on any atom is 0.343 e. The SMILES string of the molecule is C[C@]1(O)C[C@H](c2ccc(F)cc2)c2c(c3ccccc3oc2=O)O1. The highest BCUT2D eigenvalue weighted by Crippen LogP contribution is 2.44. The third kappa shape index (κ3) is 2.37. The van der Waals surface area contributed by atoms with E-state index >= 15 is 0 Å². The molecule has 1 N–H and O–H groups in total. The van der Waals surface area contributed by atoms with Gasteiger partial charge in [0.2, 0.25) is 5.79 Å². The summed E-state index contributed by atoms with van der Waals surface area (Å²) in [6, 6.07) is 12.9. The first-order valence-corrected chi connectivity index (χ1v) is 7.67. The van der Waals surface area contributed by atoms with Crippen molar-refractivity contribution < 1.29 is 18.7 Å². The smallest absolute Gasteiger partial charge is 0.343 e. The van der Waals surface area contributed by atoms with E-state index in [0.717, 1.165) is 5.56 Å². The van der Waals surface area contributed by atoms with Gasteiger partial charge in [-0.1, -0.05) is 24.3 Å². The molecule has 1 aromatic heterocycles. The van der Waals surface area contributed by atoms with E-state index in [1.807, 2.05) is 6.07 Å². The molecule has 0 amide bonds. The van der Waals surface area contributed by atoms with Gasteiger partial charge in [-0.2, -0.15) is 0 Å². The first kappa shape index (κ1) is 14.9. The molecule has 122 valence electrons. The van der Waals surface area contributed by atoms with E-state index in [-0.39, 0.29) is 12.2 Å². The summed E-state index contributed by atoms with van der Waals surface area (Å²) in [5, 5.41) is 11.2. The lowest BCUT2D eigenvalue weighted by Crippen LogP contribution is -2.40. The number of para-hydroxylation sites is 1. The number of ether oxygens (including phenoxy) is 1. The van der Waals surface area contributed by atoms with Crippen LogP contribution >= 0.6 is 0 Å². The van der Waals surface area contributed by atoms with Gasteiger partial charge in [0.1, 0.15) is 17.1 Å². The normalized spacial score (nSPS) is 22.9. The van der Waals surface area contributed by atoms with Crippen LogP contribution in [0.15, 0.2) is 57.7 Å². The Labute approximate surface area is 137 Å².